The van der Waals surface area contributed by atoms with Gasteiger partial charge in [0.05, 0.1) is 28.2 Å². The third kappa shape index (κ3) is 6.22. The zero-order valence-corrected chi connectivity index (χ0v) is 21.2. The number of nitrogens with zero attached hydrogens (tertiary/aromatic N) is 1. The Hall–Kier alpha value is -5.16. The van der Waals surface area contributed by atoms with E-state index in [1.54, 1.807) is 42.5 Å². The Morgan fingerprint density at radius 2 is 1.51 bits per heavy atom. The van der Waals surface area contributed by atoms with Gasteiger partial charge in [0.25, 0.3) is 15.9 Å². The number of hydrogen-bond acceptors (Lipinski definition) is 6. The lowest BCUT2D eigenvalue weighted by Crippen LogP contribution is -2.33. The first-order valence-electron chi connectivity index (χ1n) is 11.8. The lowest BCUT2D eigenvalue weighted by atomic mass is 10.2. The highest BCUT2D eigenvalue weighted by Gasteiger charge is 2.18. The normalized spacial score (nSPS) is 11.1. The van der Waals surface area contributed by atoms with Crippen molar-refractivity contribution in [2.75, 3.05) is 16.6 Å². The summed E-state index contributed by atoms with van der Waals surface area (Å²) in [5, 5.41) is 5.10. The molecule has 0 radical (unpaired) electrons. The molecule has 4 aromatic carbocycles. The van der Waals surface area contributed by atoms with Crippen molar-refractivity contribution in [3.63, 3.8) is 0 Å². The molecule has 0 aliphatic rings. The van der Waals surface area contributed by atoms with Crippen LogP contribution >= 0.6 is 0 Å². The quantitative estimate of drug-likeness (QED) is 0.216. The van der Waals surface area contributed by atoms with E-state index in [1.165, 1.54) is 24.3 Å². The highest BCUT2D eigenvalue weighted by Crippen LogP contribution is 2.31. The molecular formula is C28H23N5O5S. The maximum atomic E-state index is 13.0. The Bertz CT molecular complexity index is 1700. The summed E-state index contributed by atoms with van der Waals surface area (Å²) >= 11 is 0. The maximum Gasteiger partial charge on any atom is 0.262 e. The number of benzene rings is 4. The molecule has 0 fully saturated rings. The Morgan fingerprint density at radius 1 is 0.821 bits per heavy atom. The Kier molecular flexibility index (Phi) is 7.23. The van der Waals surface area contributed by atoms with Gasteiger partial charge >= 0.3 is 0 Å². The van der Waals surface area contributed by atoms with Gasteiger partial charge < -0.3 is 15.0 Å². The van der Waals surface area contributed by atoms with E-state index in [-0.39, 0.29) is 28.6 Å². The van der Waals surface area contributed by atoms with Crippen LogP contribution in [-0.2, 0) is 14.8 Å². The minimum Gasteiger partial charge on any atom is -0.455 e. The molecular weight excluding hydrogens is 518 g/mol. The second kappa shape index (κ2) is 11.1. The van der Waals surface area contributed by atoms with Gasteiger partial charge in [-0.1, -0.05) is 42.5 Å². The summed E-state index contributed by atoms with van der Waals surface area (Å²) in [6.07, 6.45) is 0. The lowest BCUT2D eigenvalue weighted by molar-refractivity contribution is -0.115. The second-order valence-corrected chi connectivity index (χ2v) is 10.1. The number of carbonyl (C=O) groups is 2. The molecule has 5 aromatic rings. The molecule has 196 valence electrons. The summed E-state index contributed by atoms with van der Waals surface area (Å²) in [6.45, 7) is -0.296. The van der Waals surface area contributed by atoms with Gasteiger partial charge in [0.2, 0.25) is 11.9 Å². The van der Waals surface area contributed by atoms with Gasteiger partial charge in [-0.3, -0.25) is 19.6 Å². The fourth-order valence-electron chi connectivity index (χ4n) is 3.70. The number of sulfonamides is 1. The minimum absolute atomic E-state index is 0.0452. The molecule has 0 atom stereocenters. The van der Waals surface area contributed by atoms with Crippen LogP contribution in [0.1, 0.15) is 10.4 Å². The summed E-state index contributed by atoms with van der Waals surface area (Å²) in [5.41, 5.74) is 1.93. The number of fused-ring (bicyclic) bond motifs is 1. The van der Waals surface area contributed by atoms with E-state index in [0.29, 0.717) is 17.0 Å². The fourth-order valence-corrected chi connectivity index (χ4v) is 4.77. The summed E-state index contributed by atoms with van der Waals surface area (Å²) in [5.74, 6) is 0.165. The molecule has 0 aliphatic carbocycles. The Balaban J connectivity index is 1.19. The molecule has 5 rings (SSSR count). The van der Waals surface area contributed by atoms with E-state index < -0.39 is 21.8 Å². The first kappa shape index (κ1) is 25.5. The first-order chi connectivity index (χ1) is 18.9. The van der Waals surface area contributed by atoms with Crippen LogP contribution in [-0.4, -0.2) is 36.7 Å². The number of amides is 2. The number of H-pyrrole nitrogens is 1. The summed E-state index contributed by atoms with van der Waals surface area (Å²) < 4.78 is 34.4. The molecule has 0 aliphatic heterocycles. The molecule has 10 nitrogen and oxygen atoms in total. The summed E-state index contributed by atoms with van der Waals surface area (Å²) in [7, 11) is -3.98. The number of ether oxygens (including phenoxy) is 1. The highest BCUT2D eigenvalue weighted by molar-refractivity contribution is 7.92. The molecule has 4 N–H and O–H groups in total. The molecule has 11 heteroatoms. The number of hydrogen-bond donors (Lipinski definition) is 4. The van der Waals surface area contributed by atoms with E-state index in [4.69, 9.17) is 4.74 Å². The van der Waals surface area contributed by atoms with Crippen molar-refractivity contribution in [3.05, 3.63) is 109 Å². The number of para-hydroxylation sites is 5. The van der Waals surface area contributed by atoms with E-state index in [1.807, 2.05) is 36.4 Å². The van der Waals surface area contributed by atoms with Crippen molar-refractivity contribution in [3.8, 4) is 11.5 Å². The SMILES string of the molecule is O=C(CNC(=O)c1ccc(S(=O)(=O)Nc2ccccc2Oc2ccccc2)cc1)Nc1nc2ccccc2[nH]1. The molecule has 2 amide bonds. The number of rotatable bonds is 9. The van der Waals surface area contributed by atoms with Gasteiger partial charge in [-0.2, -0.15) is 0 Å². The van der Waals surface area contributed by atoms with Gasteiger partial charge in [-0.15, -0.1) is 0 Å². The third-order valence-corrected chi connectivity index (χ3v) is 6.97. The predicted molar refractivity (Wildman–Crippen MR) is 147 cm³/mol. The number of nitrogens with one attached hydrogen (secondary N) is 4. The zero-order chi connectivity index (χ0) is 27.2. The smallest absolute Gasteiger partial charge is 0.262 e. The lowest BCUT2D eigenvalue weighted by Gasteiger charge is -2.13. The van der Waals surface area contributed by atoms with Crippen LogP contribution in [0.3, 0.4) is 0 Å². The van der Waals surface area contributed by atoms with E-state index in [9.17, 15) is 18.0 Å². The van der Waals surface area contributed by atoms with Crippen molar-refractivity contribution in [2.24, 2.45) is 0 Å². The average Bonchev–Trinajstić information content (AvgIpc) is 3.35. The van der Waals surface area contributed by atoms with Crippen LogP contribution in [0.2, 0.25) is 0 Å². The standard InChI is InChI=1S/C28H23N5O5S/c34-26(32-28-30-22-10-4-5-11-23(22)31-28)18-29-27(35)19-14-16-21(17-15-19)39(36,37)33-24-12-6-7-13-25(24)38-20-8-2-1-3-9-20/h1-17,33H,18H2,(H,29,35)(H2,30,31,32,34). The van der Waals surface area contributed by atoms with Crippen molar-refractivity contribution >= 4 is 44.5 Å². The van der Waals surface area contributed by atoms with Crippen molar-refractivity contribution in [1.82, 2.24) is 15.3 Å². The third-order valence-electron chi connectivity index (χ3n) is 5.59. The Labute approximate surface area is 224 Å². The largest absolute Gasteiger partial charge is 0.455 e. The molecule has 0 unspecified atom stereocenters. The predicted octanol–water partition coefficient (Wildman–Crippen LogP) is 4.52. The van der Waals surface area contributed by atoms with Gasteiger partial charge in [0.1, 0.15) is 5.75 Å². The molecule has 1 heterocycles. The number of carbonyl (C=O) groups excluding carboxylic acids is 2. The molecule has 1 aromatic heterocycles. The van der Waals surface area contributed by atoms with Gasteiger partial charge in [0.15, 0.2) is 5.75 Å². The highest BCUT2D eigenvalue weighted by atomic mass is 32.2. The van der Waals surface area contributed by atoms with E-state index in [0.717, 1.165) is 5.52 Å². The van der Waals surface area contributed by atoms with Gasteiger partial charge in [-0.05, 0) is 60.7 Å². The number of anilines is 2. The van der Waals surface area contributed by atoms with Crippen molar-refractivity contribution < 1.29 is 22.7 Å². The Morgan fingerprint density at radius 3 is 2.28 bits per heavy atom. The molecule has 0 saturated heterocycles. The van der Waals surface area contributed by atoms with Gasteiger partial charge in [0, 0.05) is 5.56 Å². The fraction of sp³-hybridized carbons (Fsp3) is 0.0357. The zero-order valence-electron chi connectivity index (χ0n) is 20.4. The van der Waals surface area contributed by atoms with Crippen LogP contribution in [0.15, 0.2) is 108 Å². The first-order valence-corrected chi connectivity index (χ1v) is 13.3. The van der Waals surface area contributed by atoms with E-state index in [2.05, 4.69) is 25.3 Å². The molecule has 0 bridgehead atoms. The molecule has 0 saturated carbocycles. The summed E-state index contributed by atoms with van der Waals surface area (Å²) in [6, 6.07) is 28.3. The number of aromatic amines is 1. The van der Waals surface area contributed by atoms with Crippen molar-refractivity contribution in [2.45, 2.75) is 4.90 Å². The van der Waals surface area contributed by atoms with Crippen molar-refractivity contribution in [1.29, 1.82) is 0 Å². The summed E-state index contributed by atoms with van der Waals surface area (Å²) in [4.78, 5) is 31.9. The molecule has 39 heavy (non-hydrogen) atoms. The monoisotopic (exact) mass is 541 g/mol. The number of aromatic nitrogens is 2. The van der Waals surface area contributed by atoms with Crippen LogP contribution in [0.4, 0.5) is 11.6 Å². The topological polar surface area (TPSA) is 142 Å². The van der Waals surface area contributed by atoms with Crippen LogP contribution in [0.5, 0.6) is 11.5 Å². The average molecular weight is 542 g/mol. The second-order valence-electron chi connectivity index (χ2n) is 8.37. The van der Waals surface area contributed by atoms with Crippen LogP contribution in [0, 0.1) is 0 Å². The van der Waals surface area contributed by atoms with Gasteiger partial charge in [-0.25, -0.2) is 13.4 Å². The molecule has 0 spiro atoms. The van der Waals surface area contributed by atoms with Crippen LogP contribution < -0.4 is 20.1 Å². The van der Waals surface area contributed by atoms with E-state index >= 15 is 0 Å². The van der Waals surface area contributed by atoms with Crippen LogP contribution in [0.25, 0.3) is 11.0 Å². The maximum absolute atomic E-state index is 13.0. The number of imidazole rings is 1. The minimum atomic E-state index is -3.98.